The lowest BCUT2D eigenvalue weighted by Gasteiger charge is -2.00. The fraction of sp³-hybridized carbons (Fsp3) is 0.273. The van der Waals surface area contributed by atoms with Crippen LogP contribution in [0.4, 0.5) is 0 Å². The van der Waals surface area contributed by atoms with E-state index < -0.39 is 0 Å². The Hall–Kier alpha value is -1.55. The van der Waals surface area contributed by atoms with Gasteiger partial charge in [-0.15, -0.1) is 11.6 Å². The molecular formula is C11H12ClN3O. The molecule has 16 heavy (non-hydrogen) atoms. The molecule has 2 aromatic rings. The van der Waals surface area contributed by atoms with Gasteiger partial charge in [0.25, 0.3) is 0 Å². The third-order valence-corrected chi connectivity index (χ3v) is 2.62. The molecule has 0 aliphatic rings. The summed E-state index contributed by atoms with van der Waals surface area (Å²) in [7, 11) is 0. The van der Waals surface area contributed by atoms with Crippen LogP contribution >= 0.6 is 11.6 Å². The maximum Gasteiger partial charge on any atom is 0.235 e. The summed E-state index contributed by atoms with van der Waals surface area (Å²) in [4.78, 5) is 15.5. The Morgan fingerprint density at radius 3 is 3.12 bits per heavy atom. The number of aryl methyl sites for hydroxylation is 1. The van der Waals surface area contributed by atoms with E-state index in [2.05, 4.69) is 10.3 Å². The second-order valence-electron chi connectivity index (χ2n) is 3.47. The van der Waals surface area contributed by atoms with Crippen molar-refractivity contribution in [3.05, 3.63) is 35.9 Å². The summed E-state index contributed by atoms with van der Waals surface area (Å²) >= 11 is 5.40. The van der Waals surface area contributed by atoms with Gasteiger partial charge in [-0.3, -0.25) is 4.79 Å². The second kappa shape index (κ2) is 4.53. The van der Waals surface area contributed by atoms with E-state index in [1.54, 1.807) is 0 Å². The Kier molecular flexibility index (Phi) is 3.10. The lowest BCUT2D eigenvalue weighted by atomic mass is 10.3. The van der Waals surface area contributed by atoms with Crippen LogP contribution in [0.15, 0.2) is 24.4 Å². The van der Waals surface area contributed by atoms with Gasteiger partial charge in [0.05, 0.1) is 17.8 Å². The fourth-order valence-corrected chi connectivity index (χ4v) is 1.72. The molecule has 2 aromatic heterocycles. The second-order valence-corrected chi connectivity index (χ2v) is 3.74. The van der Waals surface area contributed by atoms with Gasteiger partial charge in [0.15, 0.2) is 0 Å². The maximum atomic E-state index is 11.1. The molecule has 0 spiro atoms. The first-order valence-corrected chi connectivity index (χ1v) is 5.51. The first-order valence-electron chi connectivity index (χ1n) is 4.97. The number of pyridine rings is 1. The van der Waals surface area contributed by atoms with Crippen molar-refractivity contribution >= 4 is 23.0 Å². The van der Waals surface area contributed by atoms with Crippen molar-refractivity contribution in [2.45, 2.75) is 13.5 Å². The number of alkyl halides is 1. The van der Waals surface area contributed by atoms with E-state index >= 15 is 0 Å². The van der Waals surface area contributed by atoms with E-state index in [4.69, 9.17) is 11.6 Å². The van der Waals surface area contributed by atoms with Gasteiger partial charge < -0.3 is 9.72 Å². The van der Waals surface area contributed by atoms with E-state index in [0.29, 0.717) is 6.54 Å². The lowest BCUT2D eigenvalue weighted by Crippen LogP contribution is -2.23. The largest absolute Gasteiger partial charge is 0.349 e. The SMILES string of the molecule is Cc1nc(CNC(=O)CCl)c2ccccn12. The molecule has 2 heterocycles. The number of amides is 1. The number of imidazole rings is 1. The Bertz CT molecular complexity index is 521. The predicted octanol–water partition coefficient (Wildman–Crippen LogP) is 1.50. The molecule has 0 unspecified atom stereocenters. The Labute approximate surface area is 98.2 Å². The number of nitrogens with zero attached hydrogens (tertiary/aromatic N) is 2. The van der Waals surface area contributed by atoms with Gasteiger partial charge >= 0.3 is 0 Å². The Morgan fingerprint density at radius 1 is 1.56 bits per heavy atom. The molecule has 0 aromatic carbocycles. The third-order valence-electron chi connectivity index (χ3n) is 2.38. The van der Waals surface area contributed by atoms with Crippen molar-refractivity contribution in [2.75, 3.05) is 5.88 Å². The molecule has 5 heteroatoms. The van der Waals surface area contributed by atoms with E-state index in [0.717, 1.165) is 17.0 Å². The summed E-state index contributed by atoms with van der Waals surface area (Å²) in [5.74, 6) is 0.701. The van der Waals surface area contributed by atoms with Crippen LogP contribution in [0.25, 0.3) is 5.52 Å². The molecule has 0 atom stereocenters. The van der Waals surface area contributed by atoms with Crippen LogP contribution < -0.4 is 5.32 Å². The monoisotopic (exact) mass is 237 g/mol. The molecule has 0 aliphatic heterocycles. The number of aromatic nitrogens is 2. The van der Waals surface area contributed by atoms with Gasteiger partial charge in [0, 0.05) is 6.20 Å². The number of fused-ring (bicyclic) bond motifs is 1. The first kappa shape index (κ1) is 11.0. The standard InChI is InChI=1S/C11H12ClN3O/c1-8-14-9(7-13-11(16)6-12)10-4-2-3-5-15(8)10/h2-5H,6-7H2,1H3,(H,13,16). The molecule has 0 aliphatic carbocycles. The van der Waals surface area contributed by atoms with Gasteiger partial charge in [0.1, 0.15) is 11.7 Å². The lowest BCUT2D eigenvalue weighted by molar-refractivity contribution is -0.118. The smallest absolute Gasteiger partial charge is 0.235 e. The molecule has 0 fully saturated rings. The van der Waals surface area contributed by atoms with E-state index in [1.807, 2.05) is 35.7 Å². The van der Waals surface area contributed by atoms with Crippen LogP contribution in [0.2, 0.25) is 0 Å². The molecule has 0 radical (unpaired) electrons. The normalized spacial score (nSPS) is 10.6. The van der Waals surface area contributed by atoms with Gasteiger partial charge in [-0.2, -0.15) is 0 Å². The minimum Gasteiger partial charge on any atom is -0.349 e. The average molecular weight is 238 g/mol. The zero-order chi connectivity index (χ0) is 11.5. The molecule has 4 nitrogen and oxygen atoms in total. The summed E-state index contributed by atoms with van der Waals surface area (Å²) in [6.45, 7) is 2.34. The minimum atomic E-state index is -0.184. The highest BCUT2D eigenvalue weighted by molar-refractivity contribution is 6.27. The highest BCUT2D eigenvalue weighted by atomic mass is 35.5. The fourth-order valence-electron chi connectivity index (χ4n) is 1.63. The maximum absolute atomic E-state index is 11.1. The highest BCUT2D eigenvalue weighted by Gasteiger charge is 2.07. The summed E-state index contributed by atoms with van der Waals surface area (Å²) in [6, 6.07) is 5.87. The molecule has 2 rings (SSSR count). The van der Waals surface area contributed by atoms with Crippen LogP contribution in [0.3, 0.4) is 0 Å². The van der Waals surface area contributed by atoms with Crippen LogP contribution in [-0.4, -0.2) is 21.2 Å². The Morgan fingerprint density at radius 2 is 2.38 bits per heavy atom. The zero-order valence-corrected chi connectivity index (χ0v) is 9.66. The van der Waals surface area contributed by atoms with E-state index in [9.17, 15) is 4.79 Å². The molecular weight excluding hydrogens is 226 g/mol. The van der Waals surface area contributed by atoms with Crippen LogP contribution in [-0.2, 0) is 11.3 Å². The molecule has 1 N–H and O–H groups in total. The van der Waals surface area contributed by atoms with E-state index in [-0.39, 0.29) is 11.8 Å². The number of carbonyl (C=O) groups is 1. The van der Waals surface area contributed by atoms with Crippen molar-refractivity contribution in [3.8, 4) is 0 Å². The van der Waals surface area contributed by atoms with Crippen LogP contribution in [0.1, 0.15) is 11.5 Å². The number of halogens is 1. The number of hydrogen-bond acceptors (Lipinski definition) is 2. The summed E-state index contributed by atoms with van der Waals surface area (Å²) in [5.41, 5.74) is 1.87. The summed E-state index contributed by atoms with van der Waals surface area (Å²) in [5, 5.41) is 2.71. The molecule has 0 bridgehead atoms. The van der Waals surface area contributed by atoms with Crippen molar-refractivity contribution in [1.29, 1.82) is 0 Å². The van der Waals surface area contributed by atoms with Gasteiger partial charge in [0.2, 0.25) is 5.91 Å². The quantitative estimate of drug-likeness (QED) is 0.823. The third kappa shape index (κ3) is 2.02. The number of hydrogen-bond donors (Lipinski definition) is 1. The van der Waals surface area contributed by atoms with Crippen molar-refractivity contribution < 1.29 is 4.79 Å². The first-order chi connectivity index (χ1) is 7.72. The molecule has 0 saturated carbocycles. The molecule has 1 amide bonds. The van der Waals surface area contributed by atoms with Gasteiger partial charge in [-0.05, 0) is 19.1 Å². The predicted molar refractivity (Wildman–Crippen MR) is 62.5 cm³/mol. The van der Waals surface area contributed by atoms with Crippen LogP contribution in [0.5, 0.6) is 0 Å². The average Bonchev–Trinajstić information content (AvgIpc) is 2.64. The number of rotatable bonds is 3. The Balaban J connectivity index is 2.27. The van der Waals surface area contributed by atoms with Crippen LogP contribution in [0, 0.1) is 6.92 Å². The zero-order valence-electron chi connectivity index (χ0n) is 8.90. The highest BCUT2D eigenvalue weighted by Crippen LogP contribution is 2.11. The van der Waals surface area contributed by atoms with Crippen molar-refractivity contribution in [1.82, 2.24) is 14.7 Å². The number of carbonyl (C=O) groups excluding carboxylic acids is 1. The topological polar surface area (TPSA) is 46.4 Å². The van der Waals surface area contributed by atoms with Crippen molar-refractivity contribution in [3.63, 3.8) is 0 Å². The minimum absolute atomic E-state index is 0.0230. The number of nitrogens with one attached hydrogen (secondary N) is 1. The van der Waals surface area contributed by atoms with Crippen molar-refractivity contribution in [2.24, 2.45) is 0 Å². The van der Waals surface area contributed by atoms with Gasteiger partial charge in [-0.1, -0.05) is 6.07 Å². The molecule has 0 saturated heterocycles. The van der Waals surface area contributed by atoms with E-state index in [1.165, 1.54) is 0 Å². The summed E-state index contributed by atoms with van der Waals surface area (Å²) < 4.78 is 1.99. The van der Waals surface area contributed by atoms with Gasteiger partial charge in [-0.25, -0.2) is 4.98 Å². The molecule has 84 valence electrons. The summed E-state index contributed by atoms with van der Waals surface area (Å²) in [6.07, 6.45) is 1.95.